The van der Waals surface area contributed by atoms with Gasteiger partial charge in [0, 0.05) is 26.2 Å². The van der Waals surface area contributed by atoms with Gasteiger partial charge in [0.25, 0.3) is 0 Å². The summed E-state index contributed by atoms with van der Waals surface area (Å²) in [4.78, 5) is 6.99. The van der Waals surface area contributed by atoms with Crippen molar-refractivity contribution in [3.05, 3.63) is 0 Å². The van der Waals surface area contributed by atoms with Crippen LogP contribution in [0.1, 0.15) is 52.9 Å². The summed E-state index contributed by atoms with van der Waals surface area (Å²) in [5.41, 5.74) is 5.80. The molecule has 3 N–H and O–H groups in total. The second kappa shape index (κ2) is 12.5. The number of hydrogen-bond acceptors (Lipinski definition) is 2. The first-order chi connectivity index (χ1) is 9.61. The standard InChI is InChI=1S/C16H34N4.HI/c1-4-5-8-18-16(17)19-9-6-7-10-20-12-14(2)11-15(3)13-20;/h14-15H,4-13H2,1-3H3,(H3,17,18,19);1H. The molecule has 0 aliphatic carbocycles. The van der Waals surface area contributed by atoms with Gasteiger partial charge in [0.05, 0.1) is 0 Å². The number of likely N-dealkylation sites (tertiary alicyclic amines) is 1. The summed E-state index contributed by atoms with van der Waals surface area (Å²) in [6.07, 6.45) is 6.09. The zero-order valence-electron chi connectivity index (χ0n) is 14.1. The van der Waals surface area contributed by atoms with Crippen molar-refractivity contribution in [3.8, 4) is 0 Å². The van der Waals surface area contributed by atoms with Crippen molar-refractivity contribution < 1.29 is 0 Å². The highest BCUT2D eigenvalue weighted by Gasteiger charge is 2.20. The second-order valence-corrected chi connectivity index (χ2v) is 6.46. The van der Waals surface area contributed by atoms with E-state index in [1.165, 1.54) is 38.9 Å². The third-order valence-electron chi connectivity index (χ3n) is 3.95. The summed E-state index contributed by atoms with van der Waals surface area (Å²) in [5.74, 6) is 2.32. The molecule has 1 heterocycles. The number of hydrogen-bond donors (Lipinski definition) is 2. The molecule has 126 valence electrons. The Morgan fingerprint density at radius 3 is 2.48 bits per heavy atom. The van der Waals surface area contributed by atoms with E-state index in [0.29, 0.717) is 5.96 Å². The number of piperidine rings is 1. The van der Waals surface area contributed by atoms with Gasteiger partial charge in [0.2, 0.25) is 0 Å². The maximum Gasteiger partial charge on any atom is 0.188 e. The monoisotopic (exact) mass is 410 g/mol. The molecular weight excluding hydrogens is 375 g/mol. The second-order valence-electron chi connectivity index (χ2n) is 6.46. The predicted octanol–water partition coefficient (Wildman–Crippen LogP) is 3.07. The molecule has 1 fully saturated rings. The van der Waals surface area contributed by atoms with E-state index in [2.05, 4.69) is 36.0 Å². The fourth-order valence-corrected chi connectivity index (χ4v) is 3.07. The van der Waals surface area contributed by atoms with Crippen LogP contribution in [-0.2, 0) is 0 Å². The van der Waals surface area contributed by atoms with Gasteiger partial charge >= 0.3 is 0 Å². The van der Waals surface area contributed by atoms with Gasteiger partial charge < -0.3 is 16.0 Å². The van der Waals surface area contributed by atoms with Gasteiger partial charge in [-0.3, -0.25) is 4.99 Å². The molecular formula is C16H35IN4. The summed E-state index contributed by atoms with van der Waals surface area (Å²) in [6.45, 7) is 12.5. The van der Waals surface area contributed by atoms with Crippen LogP contribution < -0.4 is 11.1 Å². The minimum atomic E-state index is 0. The lowest BCUT2D eigenvalue weighted by molar-refractivity contribution is 0.139. The zero-order valence-corrected chi connectivity index (χ0v) is 16.4. The number of guanidine groups is 1. The lowest BCUT2D eigenvalue weighted by Crippen LogP contribution is -2.39. The van der Waals surface area contributed by atoms with Crippen molar-refractivity contribution in [3.63, 3.8) is 0 Å². The molecule has 0 aromatic rings. The van der Waals surface area contributed by atoms with Crippen LogP contribution in [0.2, 0.25) is 0 Å². The smallest absolute Gasteiger partial charge is 0.188 e. The van der Waals surface area contributed by atoms with Gasteiger partial charge in [0.15, 0.2) is 5.96 Å². The van der Waals surface area contributed by atoms with Gasteiger partial charge in [-0.15, -0.1) is 24.0 Å². The van der Waals surface area contributed by atoms with E-state index in [4.69, 9.17) is 5.73 Å². The maximum atomic E-state index is 5.80. The minimum absolute atomic E-state index is 0. The fraction of sp³-hybridized carbons (Fsp3) is 0.938. The average molecular weight is 410 g/mol. The maximum absolute atomic E-state index is 5.80. The number of nitrogens with two attached hydrogens (primary N) is 1. The number of aliphatic imine (C=N–C) groups is 1. The SMILES string of the molecule is CCCCNC(N)=NCCCCN1CC(C)CC(C)C1.I. The normalized spacial score (nSPS) is 23.7. The summed E-state index contributed by atoms with van der Waals surface area (Å²) in [7, 11) is 0. The van der Waals surface area contributed by atoms with Crippen LogP contribution in [0.5, 0.6) is 0 Å². The van der Waals surface area contributed by atoms with Crippen molar-refractivity contribution in [1.82, 2.24) is 10.2 Å². The molecule has 5 heteroatoms. The fourth-order valence-electron chi connectivity index (χ4n) is 3.07. The highest BCUT2D eigenvalue weighted by molar-refractivity contribution is 14.0. The van der Waals surface area contributed by atoms with E-state index in [9.17, 15) is 0 Å². The Hall–Kier alpha value is -0.0400. The van der Waals surface area contributed by atoms with Gasteiger partial charge in [-0.25, -0.2) is 0 Å². The topological polar surface area (TPSA) is 53.6 Å². The highest BCUT2D eigenvalue weighted by Crippen LogP contribution is 2.20. The van der Waals surface area contributed by atoms with Gasteiger partial charge in [0.1, 0.15) is 0 Å². The summed E-state index contributed by atoms with van der Waals surface area (Å²) in [5, 5.41) is 3.15. The van der Waals surface area contributed by atoms with Crippen LogP contribution in [0.4, 0.5) is 0 Å². The molecule has 0 saturated carbocycles. The van der Waals surface area contributed by atoms with E-state index in [1.54, 1.807) is 0 Å². The van der Waals surface area contributed by atoms with Gasteiger partial charge in [-0.05, 0) is 44.1 Å². The van der Waals surface area contributed by atoms with Crippen molar-refractivity contribution >= 4 is 29.9 Å². The Bertz CT molecular complexity index is 273. The van der Waals surface area contributed by atoms with E-state index in [-0.39, 0.29) is 24.0 Å². The number of unbranched alkanes of at least 4 members (excludes halogenated alkanes) is 2. The quantitative estimate of drug-likeness (QED) is 0.280. The Labute approximate surface area is 148 Å². The molecule has 0 radical (unpaired) electrons. The molecule has 2 unspecified atom stereocenters. The number of nitrogens with zero attached hydrogens (tertiary/aromatic N) is 2. The van der Waals surface area contributed by atoms with E-state index in [1.807, 2.05) is 0 Å². The Morgan fingerprint density at radius 2 is 1.86 bits per heavy atom. The van der Waals surface area contributed by atoms with Crippen molar-refractivity contribution in [2.75, 3.05) is 32.7 Å². The Morgan fingerprint density at radius 1 is 1.19 bits per heavy atom. The first kappa shape index (κ1) is 21.0. The Kier molecular flexibility index (Phi) is 12.5. The molecule has 0 bridgehead atoms. The van der Waals surface area contributed by atoms with Crippen LogP contribution >= 0.6 is 24.0 Å². The van der Waals surface area contributed by atoms with E-state index in [0.717, 1.165) is 37.8 Å². The van der Waals surface area contributed by atoms with E-state index >= 15 is 0 Å². The average Bonchev–Trinajstić information content (AvgIpc) is 2.37. The van der Waals surface area contributed by atoms with Crippen LogP contribution in [0.25, 0.3) is 0 Å². The molecule has 1 aliphatic rings. The van der Waals surface area contributed by atoms with Crippen LogP contribution in [0, 0.1) is 11.8 Å². The lowest BCUT2D eigenvalue weighted by atomic mass is 9.92. The van der Waals surface area contributed by atoms with Crippen LogP contribution in [0.3, 0.4) is 0 Å². The molecule has 0 spiro atoms. The molecule has 21 heavy (non-hydrogen) atoms. The molecule has 0 aromatic carbocycles. The first-order valence-corrected chi connectivity index (χ1v) is 8.38. The Balaban J connectivity index is 0.00000400. The first-order valence-electron chi connectivity index (χ1n) is 8.38. The molecule has 0 amide bonds. The zero-order chi connectivity index (χ0) is 14.8. The lowest BCUT2D eigenvalue weighted by Gasteiger charge is -2.34. The third kappa shape index (κ3) is 10.3. The number of halogens is 1. The van der Waals surface area contributed by atoms with E-state index < -0.39 is 0 Å². The van der Waals surface area contributed by atoms with Gasteiger partial charge in [-0.1, -0.05) is 27.2 Å². The van der Waals surface area contributed by atoms with Crippen molar-refractivity contribution in [2.24, 2.45) is 22.6 Å². The summed E-state index contributed by atoms with van der Waals surface area (Å²) in [6, 6.07) is 0. The molecule has 2 atom stereocenters. The minimum Gasteiger partial charge on any atom is -0.370 e. The number of nitrogens with one attached hydrogen (secondary N) is 1. The summed E-state index contributed by atoms with van der Waals surface area (Å²) < 4.78 is 0. The van der Waals surface area contributed by atoms with Crippen molar-refractivity contribution in [1.29, 1.82) is 0 Å². The van der Waals surface area contributed by atoms with Crippen LogP contribution in [0.15, 0.2) is 4.99 Å². The largest absolute Gasteiger partial charge is 0.370 e. The molecule has 0 aromatic heterocycles. The predicted molar refractivity (Wildman–Crippen MR) is 103 cm³/mol. The van der Waals surface area contributed by atoms with Gasteiger partial charge in [-0.2, -0.15) is 0 Å². The van der Waals surface area contributed by atoms with Crippen LogP contribution in [-0.4, -0.2) is 43.6 Å². The molecule has 1 saturated heterocycles. The van der Waals surface area contributed by atoms with Crippen molar-refractivity contribution in [2.45, 2.75) is 52.9 Å². The molecule has 1 rings (SSSR count). The molecule has 1 aliphatic heterocycles. The third-order valence-corrected chi connectivity index (χ3v) is 3.95. The molecule has 4 nitrogen and oxygen atoms in total. The summed E-state index contributed by atoms with van der Waals surface area (Å²) >= 11 is 0. The highest BCUT2D eigenvalue weighted by atomic mass is 127. The number of rotatable bonds is 8.